The summed E-state index contributed by atoms with van der Waals surface area (Å²) in [5, 5.41) is 33.6. The summed E-state index contributed by atoms with van der Waals surface area (Å²) in [4.78, 5) is 28.8. The molecule has 10 heteroatoms. The Morgan fingerprint density at radius 1 is 0.897 bits per heavy atom. The molecule has 0 radical (unpaired) electrons. The Balaban J connectivity index is 1.44. The van der Waals surface area contributed by atoms with Gasteiger partial charge in [-0.25, -0.2) is 5.43 Å². The van der Waals surface area contributed by atoms with Gasteiger partial charge in [0.1, 0.15) is 11.5 Å². The normalized spacial score (nSPS) is 11.2. The zero-order valence-corrected chi connectivity index (χ0v) is 21.0. The number of benzene rings is 3. The summed E-state index contributed by atoms with van der Waals surface area (Å²) in [6.45, 7) is 0.220. The number of phenols is 3. The minimum atomic E-state index is -0.437. The van der Waals surface area contributed by atoms with Crippen molar-refractivity contribution in [1.82, 2.24) is 9.99 Å². The molecule has 0 aliphatic heterocycles. The molecule has 0 spiro atoms. The summed E-state index contributed by atoms with van der Waals surface area (Å²) in [6.07, 6.45) is 4.85. The molecule has 1 amide bonds. The van der Waals surface area contributed by atoms with Gasteiger partial charge in [-0.3, -0.25) is 14.6 Å². The van der Waals surface area contributed by atoms with Gasteiger partial charge in [-0.15, -0.1) is 0 Å². The van der Waals surface area contributed by atoms with Crippen LogP contribution in [0.25, 0.3) is 5.69 Å². The second kappa shape index (κ2) is 12.2. The Hall–Kier alpha value is -5.38. The van der Waals surface area contributed by atoms with Crippen LogP contribution in [0.3, 0.4) is 0 Å². The number of nitrogens with zero attached hydrogens (tertiary/aromatic N) is 3. The summed E-state index contributed by atoms with van der Waals surface area (Å²) in [7, 11) is 1.44. The van der Waals surface area contributed by atoms with Crippen molar-refractivity contribution in [2.24, 2.45) is 10.1 Å². The molecule has 0 saturated carbocycles. The van der Waals surface area contributed by atoms with Crippen LogP contribution in [0.5, 0.6) is 23.0 Å². The monoisotopic (exact) mass is 526 g/mol. The number of aromatic nitrogens is 1. The minimum Gasteiger partial charge on any atom is -0.508 e. The van der Waals surface area contributed by atoms with Gasteiger partial charge in [0, 0.05) is 42.1 Å². The molecule has 0 bridgehead atoms. The highest BCUT2D eigenvalue weighted by Crippen LogP contribution is 2.36. The van der Waals surface area contributed by atoms with Gasteiger partial charge in [-0.1, -0.05) is 0 Å². The van der Waals surface area contributed by atoms with Gasteiger partial charge in [-0.2, -0.15) is 5.10 Å². The molecule has 4 N–H and O–H groups in total. The molecule has 3 aromatic carbocycles. The summed E-state index contributed by atoms with van der Waals surface area (Å²) in [5.74, 6) is -0.311. The molecule has 10 nitrogen and oxygen atoms in total. The average Bonchev–Trinajstić information content (AvgIpc) is 3.40. The van der Waals surface area contributed by atoms with Crippen LogP contribution in [0.1, 0.15) is 38.4 Å². The van der Waals surface area contributed by atoms with Crippen LogP contribution in [-0.4, -0.2) is 57.7 Å². The molecule has 39 heavy (non-hydrogen) atoms. The van der Waals surface area contributed by atoms with Gasteiger partial charge in [0.15, 0.2) is 17.3 Å². The zero-order chi connectivity index (χ0) is 27.8. The van der Waals surface area contributed by atoms with E-state index in [1.165, 1.54) is 55.9 Å². The molecule has 0 aliphatic rings. The molecule has 4 aromatic rings. The second-order valence-corrected chi connectivity index (χ2v) is 8.36. The summed E-state index contributed by atoms with van der Waals surface area (Å²) < 4.78 is 7.20. The Kier molecular flexibility index (Phi) is 8.37. The third-order valence-corrected chi connectivity index (χ3v) is 5.77. The average molecular weight is 527 g/mol. The summed E-state index contributed by atoms with van der Waals surface area (Å²) in [6, 6.07) is 18.8. The van der Waals surface area contributed by atoms with Crippen LogP contribution >= 0.6 is 0 Å². The number of hydrazone groups is 1. The molecular weight excluding hydrogens is 500 g/mol. The number of rotatable bonds is 10. The first-order valence-corrected chi connectivity index (χ1v) is 11.9. The maximum atomic E-state index is 12.3. The number of aliphatic imine (C=N–C) groups is 1. The first-order valence-electron chi connectivity index (χ1n) is 11.9. The first-order chi connectivity index (χ1) is 18.9. The number of amides is 1. The predicted molar refractivity (Wildman–Crippen MR) is 147 cm³/mol. The smallest absolute Gasteiger partial charge is 0.271 e. The third-order valence-electron chi connectivity index (χ3n) is 5.77. The number of carbonyl (C=O) groups excluding carboxylic acids is 2. The molecular formula is C29H26N4O6. The van der Waals surface area contributed by atoms with E-state index in [2.05, 4.69) is 15.5 Å². The molecule has 4 rings (SSSR count). The minimum absolute atomic E-state index is 0.0584. The molecule has 0 fully saturated rings. The Morgan fingerprint density at radius 3 is 2.23 bits per heavy atom. The maximum absolute atomic E-state index is 12.3. The van der Waals surface area contributed by atoms with E-state index in [9.17, 15) is 24.9 Å². The van der Waals surface area contributed by atoms with Crippen molar-refractivity contribution in [2.45, 2.75) is 6.42 Å². The van der Waals surface area contributed by atoms with Gasteiger partial charge < -0.3 is 24.6 Å². The number of carbonyl (C=O) groups is 2. The van der Waals surface area contributed by atoms with E-state index >= 15 is 0 Å². The van der Waals surface area contributed by atoms with Crippen LogP contribution in [0, 0.1) is 0 Å². The largest absolute Gasteiger partial charge is 0.508 e. The Labute approximate surface area is 224 Å². The van der Waals surface area contributed by atoms with E-state index < -0.39 is 5.91 Å². The SMILES string of the molecule is COc1c(-n2cccc2/C=N/NC(=O)c2ccc(O)cc2)ccc(C=NCCC(=O)c2ccc(O)cc2)c1O. The maximum Gasteiger partial charge on any atom is 0.271 e. The van der Waals surface area contributed by atoms with Crippen molar-refractivity contribution in [3.63, 3.8) is 0 Å². The molecule has 0 aliphatic carbocycles. The van der Waals surface area contributed by atoms with E-state index in [1.807, 2.05) is 0 Å². The van der Waals surface area contributed by atoms with Crippen molar-refractivity contribution in [3.8, 4) is 28.7 Å². The number of phenolic OH excluding ortho intramolecular Hbond substituents is 3. The highest BCUT2D eigenvalue weighted by molar-refractivity contribution is 5.96. The van der Waals surface area contributed by atoms with E-state index in [-0.39, 0.29) is 41.7 Å². The van der Waals surface area contributed by atoms with E-state index in [0.29, 0.717) is 28.1 Å². The number of methoxy groups -OCH3 is 1. The lowest BCUT2D eigenvalue weighted by Gasteiger charge is -2.14. The van der Waals surface area contributed by atoms with Gasteiger partial charge >= 0.3 is 0 Å². The lowest BCUT2D eigenvalue weighted by molar-refractivity contribution is 0.0953. The number of ether oxygens (including phenoxy) is 1. The number of Topliss-reactive ketones (excluding diaryl/α,β-unsaturated/α-hetero) is 1. The highest BCUT2D eigenvalue weighted by atomic mass is 16.5. The molecule has 1 aromatic heterocycles. The summed E-state index contributed by atoms with van der Waals surface area (Å²) >= 11 is 0. The number of aromatic hydroxyl groups is 3. The van der Waals surface area contributed by atoms with Crippen molar-refractivity contribution in [2.75, 3.05) is 13.7 Å². The summed E-state index contributed by atoms with van der Waals surface area (Å²) in [5.41, 5.74) is 4.82. The zero-order valence-electron chi connectivity index (χ0n) is 21.0. The van der Waals surface area contributed by atoms with Gasteiger partial charge in [0.25, 0.3) is 5.91 Å². The Bertz CT molecular complexity index is 1520. The standard InChI is InChI=1S/C29H26N4O6/c1-39-28-25(33-16-2-3-22(33)18-31-32-29(38)20-6-11-24(35)12-7-20)13-8-21(27(28)37)17-30-15-14-26(36)19-4-9-23(34)10-5-19/h2-13,16-18,34-35,37H,14-15H2,1H3,(H,32,38)/b30-17?,31-18+. The topological polar surface area (TPSA) is 146 Å². The van der Waals surface area contributed by atoms with Crippen LogP contribution in [0.4, 0.5) is 0 Å². The first kappa shape index (κ1) is 26.7. The van der Waals surface area contributed by atoms with Crippen molar-refractivity contribution >= 4 is 24.1 Å². The molecule has 0 saturated heterocycles. The van der Waals surface area contributed by atoms with Gasteiger partial charge in [0.05, 0.1) is 24.7 Å². The van der Waals surface area contributed by atoms with Crippen LogP contribution in [0.15, 0.2) is 89.1 Å². The van der Waals surface area contributed by atoms with E-state index in [4.69, 9.17) is 4.74 Å². The fraction of sp³-hybridized carbons (Fsp3) is 0.103. The molecule has 0 unspecified atom stereocenters. The van der Waals surface area contributed by atoms with Gasteiger partial charge in [-0.05, 0) is 72.8 Å². The molecule has 198 valence electrons. The van der Waals surface area contributed by atoms with Crippen LogP contribution in [-0.2, 0) is 0 Å². The predicted octanol–water partition coefficient (Wildman–Crippen LogP) is 4.06. The van der Waals surface area contributed by atoms with Crippen LogP contribution < -0.4 is 10.2 Å². The fourth-order valence-corrected chi connectivity index (χ4v) is 3.74. The number of nitrogens with one attached hydrogen (secondary N) is 1. The lowest BCUT2D eigenvalue weighted by Crippen LogP contribution is -2.17. The number of hydrogen-bond acceptors (Lipinski definition) is 8. The quantitative estimate of drug-likeness (QED) is 0.139. The van der Waals surface area contributed by atoms with Crippen molar-refractivity contribution in [3.05, 3.63) is 101 Å². The molecule has 1 heterocycles. The molecule has 0 atom stereocenters. The van der Waals surface area contributed by atoms with Crippen LogP contribution in [0.2, 0.25) is 0 Å². The van der Waals surface area contributed by atoms with Crippen molar-refractivity contribution in [1.29, 1.82) is 0 Å². The van der Waals surface area contributed by atoms with E-state index in [0.717, 1.165) is 0 Å². The van der Waals surface area contributed by atoms with Crippen molar-refractivity contribution < 1.29 is 29.6 Å². The fourth-order valence-electron chi connectivity index (χ4n) is 3.74. The highest BCUT2D eigenvalue weighted by Gasteiger charge is 2.15. The Morgan fingerprint density at radius 2 is 1.56 bits per heavy atom. The lowest BCUT2D eigenvalue weighted by atomic mass is 10.1. The van der Waals surface area contributed by atoms with E-state index in [1.54, 1.807) is 47.2 Å². The second-order valence-electron chi connectivity index (χ2n) is 8.36. The number of hydrogen-bond donors (Lipinski definition) is 4. The number of ketones is 1. The third kappa shape index (κ3) is 6.50. The van der Waals surface area contributed by atoms with Gasteiger partial charge in [0.2, 0.25) is 0 Å².